The fraction of sp³-hybridized carbons (Fsp3) is 0.250. The number of carbonyl (C=O) groups excluding carboxylic acids is 2. The van der Waals surface area contributed by atoms with Crippen LogP contribution >= 0.6 is 0 Å². The first-order chi connectivity index (χ1) is 9.49. The highest BCUT2D eigenvalue weighted by Gasteiger charge is 2.12. The van der Waals surface area contributed by atoms with Crippen molar-refractivity contribution in [2.75, 3.05) is 0 Å². The van der Waals surface area contributed by atoms with E-state index >= 15 is 0 Å². The Balaban J connectivity index is 2.98. The summed E-state index contributed by atoms with van der Waals surface area (Å²) < 4.78 is 0. The van der Waals surface area contributed by atoms with Gasteiger partial charge in [-0.1, -0.05) is 37.4 Å². The molecule has 0 aliphatic heterocycles. The minimum Gasteiger partial charge on any atom is -0.315 e. The van der Waals surface area contributed by atoms with Gasteiger partial charge < -0.3 is 9.80 Å². The Kier molecular flexibility index (Phi) is 5.72. The van der Waals surface area contributed by atoms with Crippen molar-refractivity contribution in [3.8, 4) is 0 Å². The Hall–Kier alpha value is -2.36. The minimum absolute atomic E-state index is 0.0676. The maximum atomic E-state index is 11.5. The van der Waals surface area contributed by atoms with Gasteiger partial charge in [-0.25, -0.2) is 0 Å². The molecule has 0 saturated heterocycles. The van der Waals surface area contributed by atoms with Crippen LogP contribution in [-0.2, 0) is 22.7 Å². The highest BCUT2D eigenvalue weighted by Crippen LogP contribution is 2.15. The standard InChI is InChI=1S/C16H20N2O2/c1-5-17(13(3)19)11-15-9-7-8-10-16(15)12-18(6-2)14(4)20/h5-10H,1-2,11-12H2,3-4H3. The van der Waals surface area contributed by atoms with E-state index in [2.05, 4.69) is 13.2 Å². The summed E-state index contributed by atoms with van der Waals surface area (Å²) in [4.78, 5) is 26.0. The molecular formula is C16H20N2O2. The molecule has 1 aromatic rings. The van der Waals surface area contributed by atoms with Crippen LogP contribution in [0.25, 0.3) is 0 Å². The van der Waals surface area contributed by atoms with Crippen LogP contribution in [0.1, 0.15) is 25.0 Å². The third-order valence-electron chi connectivity index (χ3n) is 3.05. The maximum absolute atomic E-state index is 11.5. The molecule has 0 atom stereocenters. The largest absolute Gasteiger partial charge is 0.315 e. The average molecular weight is 272 g/mol. The van der Waals surface area contributed by atoms with Gasteiger partial charge in [-0.15, -0.1) is 0 Å². The summed E-state index contributed by atoms with van der Waals surface area (Å²) in [7, 11) is 0. The Bertz CT molecular complexity index is 476. The molecular weight excluding hydrogens is 252 g/mol. The molecule has 1 aromatic carbocycles. The minimum atomic E-state index is -0.0676. The van der Waals surface area contributed by atoms with Crippen molar-refractivity contribution in [3.63, 3.8) is 0 Å². The summed E-state index contributed by atoms with van der Waals surface area (Å²) in [6.45, 7) is 11.2. The van der Waals surface area contributed by atoms with Crippen LogP contribution < -0.4 is 0 Å². The summed E-state index contributed by atoms with van der Waals surface area (Å²) in [5.41, 5.74) is 1.96. The summed E-state index contributed by atoms with van der Waals surface area (Å²) in [6, 6.07) is 7.70. The molecule has 1 rings (SSSR count). The van der Waals surface area contributed by atoms with E-state index in [-0.39, 0.29) is 11.8 Å². The first-order valence-electron chi connectivity index (χ1n) is 6.36. The van der Waals surface area contributed by atoms with Crippen molar-refractivity contribution < 1.29 is 9.59 Å². The molecule has 0 unspecified atom stereocenters. The fourth-order valence-corrected chi connectivity index (χ4v) is 1.84. The molecule has 4 heteroatoms. The SMILES string of the molecule is C=CN(Cc1ccccc1CN(C=C)C(C)=O)C(C)=O. The van der Waals surface area contributed by atoms with Gasteiger partial charge in [0, 0.05) is 13.8 Å². The lowest BCUT2D eigenvalue weighted by atomic mass is 10.1. The lowest BCUT2D eigenvalue weighted by Gasteiger charge is -2.21. The third-order valence-corrected chi connectivity index (χ3v) is 3.05. The molecule has 0 spiro atoms. The van der Waals surface area contributed by atoms with Crippen molar-refractivity contribution in [3.05, 3.63) is 61.0 Å². The second kappa shape index (κ2) is 7.28. The van der Waals surface area contributed by atoms with E-state index in [9.17, 15) is 9.59 Å². The quantitative estimate of drug-likeness (QED) is 0.799. The number of rotatable bonds is 6. The maximum Gasteiger partial charge on any atom is 0.223 e. The van der Waals surface area contributed by atoms with E-state index in [1.165, 1.54) is 36.0 Å². The van der Waals surface area contributed by atoms with E-state index < -0.39 is 0 Å². The van der Waals surface area contributed by atoms with E-state index in [1.807, 2.05) is 24.3 Å². The van der Waals surface area contributed by atoms with Crippen molar-refractivity contribution in [1.29, 1.82) is 0 Å². The summed E-state index contributed by atoms with van der Waals surface area (Å²) >= 11 is 0. The van der Waals surface area contributed by atoms with Gasteiger partial charge in [-0.2, -0.15) is 0 Å². The molecule has 4 nitrogen and oxygen atoms in total. The first kappa shape index (κ1) is 15.7. The van der Waals surface area contributed by atoms with Gasteiger partial charge in [-0.3, -0.25) is 9.59 Å². The van der Waals surface area contributed by atoms with Crippen LogP contribution in [0.5, 0.6) is 0 Å². The van der Waals surface area contributed by atoms with Crippen LogP contribution in [0.4, 0.5) is 0 Å². The summed E-state index contributed by atoms with van der Waals surface area (Å²) in [5, 5.41) is 0. The van der Waals surface area contributed by atoms with Crippen LogP contribution in [0, 0.1) is 0 Å². The molecule has 0 aliphatic carbocycles. The van der Waals surface area contributed by atoms with Crippen molar-refractivity contribution >= 4 is 11.8 Å². The zero-order chi connectivity index (χ0) is 15.1. The third kappa shape index (κ3) is 4.09. The fourth-order valence-electron chi connectivity index (χ4n) is 1.84. The molecule has 0 bridgehead atoms. The lowest BCUT2D eigenvalue weighted by Crippen LogP contribution is -2.25. The Morgan fingerprint density at radius 2 is 1.30 bits per heavy atom. The topological polar surface area (TPSA) is 40.6 Å². The average Bonchev–Trinajstić information content (AvgIpc) is 2.42. The van der Waals surface area contributed by atoms with Crippen LogP contribution in [0.3, 0.4) is 0 Å². The van der Waals surface area contributed by atoms with Gasteiger partial charge in [0.2, 0.25) is 11.8 Å². The number of carbonyl (C=O) groups is 2. The van der Waals surface area contributed by atoms with Crippen molar-refractivity contribution in [2.24, 2.45) is 0 Å². The van der Waals surface area contributed by atoms with E-state index in [0.717, 1.165) is 11.1 Å². The van der Waals surface area contributed by atoms with Crippen LogP contribution in [-0.4, -0.2) is 21.6 Å². The van der Waals surface area contributed by atoms with Gasteiger partial charge in [0.15, 0.2) is 0 Å². The molecule has 0 N–H and O–H groups in total. The highest BCUT2D eigenvalue weighted by atomic mass is 16.2. The smallest absolute Gasteiger partial charge is 0.223 e. The molecule has 0 aromatic heterocycles. The van der Waals surface area contributed by atoms with Crippen molar-refractivity contribution in [1.82, 2.24) is 9.80 Å². The van der Waals surface area contributed by atoms with Crippen LogP contribution in [0.2, 0.25) is 0 Å². The van der Waals surface area contributed by atoms with Gasteiger partial charge >= 0.3 is 0 Å². The molecule has 0 heterocycles. The van der Waals surface area contributed by atoms with E-state index in [1.54, 1.807) is 0 Å². The molecule has 0 saturated carbocycles. The predicted molar refractivity (Wildman–Crippen MR) is 79.3 cm³/mol. The normalized spacial score (nSPS) is 9.70. The lowest BCUT2D eigenvalue weighted by molar-refractivity contribution is -0.127. The Morgan fingerprint density at radius 3 is 1.55 bits per heavy atom. The second-order valence-electron chi connectivity index (χ2n) is 4.43. The van der Waals surface area contributed by atoms with Gasteiger partial charge in [-0.05, 0) is 23.5 Å². The molecule has 2 amide bonds. The van der Waals surface area contributed by atoms with E-state index in [0.29, 0.717) is 13.1 Å². The number of hydrogen-bond donors (Lipinski definition) is 0. The number of amides is 2. The number of benzene rings is 1. The monoisotopic (exact) mass is 272 g/mol. The van der Waals surface area contributed by atoms with Crippen LogP contribution in [0.15, 0.2) is 49.8 Å². The summed E-state index contributed by atoms with van der Waals surface area (Å²) in [6.07, 6.45) is 3.02. The highest BCUT2D eigenvalue weighted by molar-refractivity contribution is 5.75. The predicted octanol–water partition coefficient (Wildman–Crippen LogP) is 2.67. The zero-order valence-electron chi connectivity index (χ0n) is 12.0. The molecule has 0 fully saturated rings. The van der Waals surface area contributed by atoms with E-state index in [4.69, 9.17) is 0 Å². The second-order valence-corrected chi connectivity index (χ2v) is 4.43. The number of nitrogens with zero attached hydrogens (tertiary/aromatic N) is 2. The summed E-state index contributed by atoms with van der Waals surface area (Å²) in [5.74, 6) is -0.135. The van der Waals surface area contributed by atoms with Gasteiger partial charge in [0.1, 0.15) is 0 Å². The van der Waals surface area contributed by atoms with Crippen molar-refractivity contribution in [2.45, 2.75) is 26.9 Å². The molecule has 20 heavy (non-hydrogen) atoms. The Morgan fingerprint density at radius 1 is 0.950 bits per heavy atom. The molecule has 0 aliphatic rings. The molecule has 106 valence electrons. The zero-order valence-corrected chi connectivity index (χ0v) is 12.0. The molecule has 0 radical (unpaired) electrons. The Labute approximate surface area is 120 Å². The first-order valence-corrected chi connectivity index (χ1v) is 6.36. The number of hydrogen-bond acceptors (Lipinski definition) is 2. The van der Waals surface area contributed by atoms with Gasteiger partial charge in [0.25, 0.3) is 0 Å². The van der Waals surface area contributed by atoms with Gasteiger partial charge in [0.05, 0.1) is 13.1 Å².